The number of aryl methyl sites for hydroxylation is 1. The SMILES string of the molecule is Cc1ccn(-c2ccc(N3CCN(S(=O)(=O)c4ccc(F)c(F)c4)CC3)nn2)n1. The summed E-state index contributed by atoms with van der Waals surface area (Å²) in [5, 5.41) is 12.7. The summed E-state index contributed by atoms with van der Waals surface area (Å²) in [5.41, 5.74) is 0.870. The molecule has 0 radical (unpaired) electrons. The molecular weight excluding hydrogens is 402 g/mol. The molecule has 4 rings (SSSR count). The molecule has 0 aliphatic carbocycles. The van der Waals surface area contributed by atoms with E-state index >= 15 is 0 Å². The number of hydrogen-bond acceptors (Lipinski definition) is 6. The van der Waals surface area contributed by atoms with E-state index in [9.17, 15) is 17.2 Å². The summed E-state index contributed by atoms with van der Waals surface area (Å²) < 4.78 is 54.8. The summed E-state index contributed by atoms with van der Waals surface area (Å²) in [7, 11) is -3.89. The van der Waals surface area contributed by atoms with E-state index in [0.29, 0.717) is 30.8 Å². The topological polar surface area (TPSA) is 84.2 Å². The van der Waals surface area contributed by atoms with Gasteiger partial charge in [-0.15, -0.1) is 10.2 Å². The van der Waals surface area contributed by atoms with Crippen LogP contribution in [0.4, 0.5) is 14.6 Å². The third kappa shape index (κ3) is 3.83. The Morgan fingerprint density at radius 3 is 2.17 bits per heavy atom. The van der Waals surface area contributed by atoms with Gasteiger partial charge in [0.25, 0.3) is 0 Å². The average Bonchev–Trinajstić information content (AvgIpc) is 3.16. The maximum atomic E-state index is 13.4. The van der Waals surface area contributed by atoms with Crippen molar-refractivity contribution in [3.05, 3.63) is 59.9 Å². The third-order valence-corrected chi connectivity index (χ3v) is 6.58. The van der Waals surface area contributed by atoms with Gasteiger partial charge in [-0.3, -0.25) is 0 Å². The maximum Gasteiger partial charge on any atom is 0.243 e. The van der Waals surface area contributed by atoms with Crippen LogP contribution in [0.5, 0.6) is 0 Å². The lowest BCUT2D eigenvalue weighted by molar-refractivity contribution is 0.383. The van der Waals surface area contributed by atoms with Crippen LogP contribution < -0.4 is 4.90 Å². The number of sulfonamides is 1. The number of benzene rings is 1. The minimum Gasteiger partial charge on any atom is -0.352 e. The van der Waals surface area contributed by atoms with Gasteiger partial charge in [-0.05, 0) is 43.3 Å². The van der Waals surface area contributed by atoms with Gasteiger partial charge in [-0.2, -0.15) is 9.40 Å². The highest BCUT2D eigenvalue weighted by atomic mass is 32.2. The smallest absolute Gasteiger partial charge is 0.243 e. The largest absolute Gasteiger partial charge is 0.352 e. The van der Waals surface area contributed by atoms with Gasteiger partial charge in [0.2, 0.25) is 10.0 Å². The molecule has 0 atom stereocenters. The average molecular weight is 420 g/mol. The fourth-order valence-electron chi connectivity index (χ4n) is 3.10. The van der Waals surface area contributed by atoms with E-state index in [1.807, 2.05) is 17.9 Å². The zero-order valence-corrected chi connectivity index (χ0v) is 16.4. The highest BCUT2D eigenvalue weighted by Gasteiger charge is 2.29. The third-order valence-electron chi connectivity index (χ3n) is 4.69. The monoisotopic (exact) mass is 420 g/mol. The van der Waals surface area contributed by atoms with Gasteiger partial charge in [0.15, 0.2) is 23.3 Å². The van der Waals surface area contributed by atoms with Gasteiger partial charge in [0.05, 0.1) is 10.6 Å². The first-order chi connectivity index (χ1) is 13.8. The van der Waals surface area contributed by atoms with E-state index in [2.05, 4.69) is 15.3 Å². The van der Waals surface area contributed by atoms with Gasteiger partial charge in [0.1, 0.15) is 0 Å². The molecule has 3 aromatic rings. The van der Waals surface area contributed by atoms with E-state index < -0.39 is 21.7 Å². The lowest BCUT2D eigenvalue weighted by Crippen LogP contribution is -2.49. The van der Waals surface area contributed by atoms with Crippen LogP contribution in [0, 0.1) is 18.6 Å². The molecule has 3 heterocycles. The molecular formula is C18H18F2N6O2S. The first-order valence-electron chi connectivity index (χ1n) is 8.91. The van der Waals surface area contributed by atoms with Crippen molar-refractivity contribution in [3.63, 3.8) is 0 Å². The van der Waals surface area contributed by atoms with Crippen molar-refractivity contribution in [2.45, 2.75) is 11.8 Å². The molecule has 29 heavy (non-hydrogen) atoms. The Balaban J connectivity index is 1.44. The molecule has 0 bridgehead atoms. The Labute approximate surface area is 166 Å². The molecule has 1 aliphatic heterocycles. The summed E-state index contributed by atoms with van der Waals surface area (Å²) in [6, 6.07) is 8.05. The van der Waals surface area contributed by atoms with Crippen LogP contribution in [0.3, 0.4) is 0 Å². The molecule has 8 nitrogen and oxygen atoms in total. The van der Waals surface area contributed by atoms with Crippen molar-refractivity contribution in [1.29, 1.82) is 0 Å². The lowest BCUT2D eigenvalue weighted by atomic mass is 10.3. The van der Waals surface area contributed by atoms with Crippen molar-refractivity contribution < 1.29 is 17.2 Å². The minimum atomic E-state index is -3.89. The molecule has 11 heteroatoms. The zero-order valence-electron chi connectivity index (χ0n) is 15.5. The minimum absolute atomic E-state index is 0.198. The summed E-state index contributed by atoms with van der Waals surface area (Å²) in [6.07, 6.45) is 1.79. The molecule has 0 unspecified atom stereocenters. The summed E-state index contributed by atoms with van der Waals surface area (Å²) in [5.74, 6) is -1.06. The number of nitrogens with zero attached hydrogens (tertiary/aromatic N) is 6. The maximum absolute atomic E-state index is 13.4. The molecule has 0 amide bonds. The van der Waals surface area contributed by atoms with E-state index in [4.69, 9.17) is 0 Å². The molecule has 2 aromatic heterocycles. The van der Waals surface area contributed by atoms with E-state index in [1.165, 1.54) is 4.31 Å². The molecule has 0 N–H and O–H groups in total. The standard InChI is InChI=1S/C18H18F2N6O2S/c1-13-6-7-26(23-13)18-5-4-17(21-22-18)24-8-10-25(11-9-24)29(27,28)14-2-3-15(19)16(20)12-14/h2-7,12H,8-11H2,1H3. The van der Waals surface area contributed by atoms with Gasteiger partial charge >= 0.3 is 0 Å². The van der Waals surface area contributed by atoms with Crippen molar-refractivity contribution in [2.24, 2.45) is 0 Å². The van der Waals surface area contributed by atoms with Crippen molar-refractivity contribution in [2.75, 3.05) is 31.1 Å². The Kier molecular flexibility index (Phi) is 5.01. The molecule has 1 saturated heterocycles. The quantitative estimate of drug-likeness (QED) is 0.640. The molecule has 152 valence electrons. The lowest BCUT2D eigenvalue weighted by Gasteiger charge is -2.34. The fraction of sp³-hybridized carbons (Fsp3) is 0.278. The van der Waals surface area contributed by atoms with Gasteiger partial charge in [-0.1, -0.05) is 0 Å². The molecule has 0 saturated carbocycles. The van der Waals surface area contributed by atoms with Crippen LogP contribution in [0.2, 0.25) is 0 Å². The second-order valence-electron chi connectivity index (χ2n) is 6.62. The second-order valence-corrected chi connectivity index (χ2v) is 8.56. The van der Waals surface area contributed by atoms with Gasteiger partial charge in [-0.25, -0.2) is 21.9 Å². The Hall–Kier alpha value is -2.92. The van der Waals surface area contributed by atoms with Crippen LogP contribution in [-0.4, -0.2) is 58.9 Å². The Bertz CT molecular complexity index is 1130. The fourth-order valence-corrected chi connectivity index (χ4v) is 4.53. The summed E-state index contributed by atoms with van der Waals surface area (Å²) in [4.78, 5) is 1.66. The summed E-state index contributed by atoms with van der Waals surface area (Å²) >= 11 is 0. The van der Waals surface area contributed by atoms with Crippen LogP contribution in [0.15, 0.2) is 47.5 Å². The number of rotatable bonds is 4. The predicted octanol–water partition coefficient (Wildman–Crippen LogP) is 1.76. The number of aromatic nitrogens is 4. The Morgan fingerprint density at radius 2 is 1.59 bits per heavy atom. The van der Waals surface area contributed by atoms with E-state index in [1.54, 1.807) is 23.0 Å². The normalized spacial score (nSPS) is 15.6. The van der Waals surface area contributed by atoms with Crippen LogP contribution in [-0.2, 0) is 10.0 Å². The van der Waals surface area contributed by atoms with Crippen LogP contribution in [0.25, 0.3) is 5.82 Å². The number of halogens is 2. The number of piperazine rings is 1. The highest BCUT2D eigenvalue weighted by molar-refractivity contribution is 7.89. The van der Waals surface area contributed by atoms with Crippen molar-refractivity contribution in [1.82, 2.24) is 24.3 Å². The highest BCUT2D eigenvalue weighted by Crippen LogP contribution is 2.21. The number of anilines is 1. The first kappa shape index (κ1) is 19.4. The van der Waals surface area contributed by atoms with Crippen molar-refractivity contribution >= 4 is 15.8 Å². The molecule has 1 aliphatic rings. The van der Waals surface area contributed by atoms with Gasteiger partial charge < -0.3 is 4.90 Å². The molecule has 1 aromatic carbocycles. The molecule has 0 spiro atoms. The van der Waals surface area contributed by atoms with Crippen molar-refractivity contribution in [3.8, 4) is 5.82 Å². The Morgan fingerprint density at radius 1 is 0.897 bits per heavy atom. The van der Waals surface area contributed by atoms with Gasteiger partial charge in [0, 0.05) is 32.4 Å². The zero-order chi connectivity index (χ0) is 20.6. The first-order valence-corrected chi connectivity index (χ1v) is 10.3. The predicted molar refractivity (Wildman–Crippen MR) is 101 cm³/mol. The molecule has 1 fully saturated rings. The van der Waals surface area contributed by atoms with E-state index in [0.717, 1.165) is 17.8 Å². The van der Waals surface area contributed by atoms with E-state index in [-0.39, 0.29) is 18.0 Å². The summed E-state index contributed by atoms with van der Waals surface area (Å²) in [6.45, 7) is 3.08. The number of hydrogen-bond donors (Lipinski definition) is 0. The second kappa shape index (κ2) is 7.48. The van der Waals surface area contributed by atoms with Crippen LogP contribution >= 0.6 is 0 Å². The van der Waals surface area contributed by atoms with Crippen LogP contribution in [0.1, 0.15) is 5.69 Å².